The van der Waals surface area contributed by atoms with E-state index < -0.39 is 0 Å². The molecule has 1 aliphatic rings. The molecule has 0 aliphatic heterocycles. The van der Waals surface area contributed by atoms with E-state index >= 15 is 0 Å². The van der Waals surface area contributed by atoms with Gasteiger partial charge in [0.1, 0.15) is 0 Å². The lowest BCUT2D eigenvalue weighted by Crippen LogP contribution is -1.95. The lowest BCUT2D eigenvalue weighted by molar-refractivity contribution is 1.18. The van der Waals surface area contributed by atoms with Gasteiger partial charge in [-0.25, -0.2) is 0 Å². The first-order valence-electron chi connectivity index (χ1n) is 22.2. The first-order valence-corrected chi connectivity index (χ1v) is 22.2. The van der Waals surface area contributed by atoms with Crippen LogP contribution in [0.25, 0.3) is 132 Å². The second-order valence-corrected chi connectivity index (χ2v) is 17.2. The van der Waals surface area contributed by atoms with Gasteiger partial charge < -0.3 is 9.13 Å². The number of aromatic nitrogens is 2. The van der Waals surface area contributed by atoms with Crippen LogP contribution in [0.2, 0.25) is 0 Å². The summed E-state index contributed by atoms with van der Waals surface area (Å²) in [6.45, 7) is 0. The van der Waals surface area contributed by atoms with E-state index in [4.69, 9.17) is 0 Å². The van der Waals surface area contributed by atoms with E-state index in [9.17, 15) is 0 Å². The minimum atomic E-state index is 1.14. The Kier molecular flexibility index (Phi) is 7.43. The van der Waals surface area contributed by atoms with Gasteiger partial charge in [0.25, 0.3) is 0 Å². The van der Waals surface area contributed by atoms with Crippen LogP contribution in [0.15, 0.2) is 231 Å². The monoisotopic (exact) mass is 810 g/mol. The molecular formula is C62H38N2. The molecule has 0 spiro atoms. The minimum Gasteiger partial charge on any atom is -0.309 e. The average molecular weight is 811 g/mol. The highest BCUT2D eigenvalue weighted by atomic mass is 15.0. The van der Waals surface area contributed by atoms with Gasteiger partial charge in [0.15, 0.2) is 0 Å². The number of rotatable bonds is 5. The molecule has 1 aliphatic carbocycles. The molecule has 0 radical (unpaired) electrons. The van der Waals surface area contributed by atoms with E-state index in [0.717, 1.165) is 11.4 Å². The van der Waals surface area contributed by atoms with Crippen LogP contribution in [-0.4, -0.2) is 9.13 Å². The number of para-hydroxylation sites is 2. The van der Waals surface area contributed by atoms with Crippen molar-refractivity contribution < 1.29 is 0 Å². The Morgan fingerprint density at radius 3 is 1.50 bits per heavy atom. The first kappa shape index (κ1) is 35.2. The van der Waals surface area contributed by atoms with Crippen molar-refractivity contribution in [2.24, 2.45) is 0 Å². The van der Waals surface area contributed by atoms with Crippen molar-refractivity contribution in [3.63, 3.8) is 0 Å². The number of hydrogen-bond acceptors (Lipinski definition) is 0. The van der Waals surface area contributed by atoms with E-state index in [2.05, 4.69) is 240 Å². The Morgan fingerprint density at radius 2 is 0.734 bits per heavy atom. The summed E-state index contributed by atoms with van der Waals surface area (Å²) in [6.07, 6.45) is 0. The number of benzene rings is 11. The largest absolute Gasteiger partial charge is 0.309 e. The summed E-state index contributed by atoms with van der Waals surface area (Å²) in [5.74, 6) is 0. The van der Waals surface area contributed by atoms with Gasteiger partial charge in [0, 0.05) is 38.3 Å². The lowest BCUT2D eigenvalue weighted by atomic mass is 9.93. The highest BCUT2D eigenvalue weighted by molar-refractivity contribution is 6.20. The van der Waals surface area contributed by atoms with Crippen molar-refractivity contribution in [2.75, 3.05) is 0 Å². The second kappa shape index (κ2) is 13.5. The van der Waals surface area contributed by atoms with Gasteiger partial charge in [0.2, 0.25) is 0 Å². The van der Waals surface area contributed by atoms with Crippen molar-refractivity contribution in [3.05, 3.63) is 231 Å². The standard InChI is InChI=1S/C62H38N2/c1-2-12-45(13-3-1)64-60-38-44(29-33-53(60)57-34-27-41-11-4-5-14-48(41)62(57)64)43-28-32-52-51-17-8-9-20-58(51)63(59(52)37-43)46-30-25-40(26-31-46)39-21-23-42(24-22-39)47-35-36-56-50-16-7-6-15-49(50)55-19-10-18-54(47)61(55)56/h1-38H. The SMILES string of the molecule is c1ccc(-n2c3cc(-c4ccc5c6ccccc6n(-c6ccc(-c7ccc(-c8ccc9c%10c(cccc8%10)-c8ccccc8-9)cc7)cc6)c5c4)ccc3c3ccc4ccccc4c32)cc1. The normalized spacial score (nSPS) is 12.1. The molecule has 0 saturated heterocycles. The Hall–Kier alpha value is -8.46. The molecule has 0 saturated carbocycles. The zero-order valence-corrected chi connectivity index (χ0v) is 34.8. The smallest absolute Gasteiger partial charge is 0.0619 e. The fourth-order valence-electron chi connectivity index (χ4n) is 10.9. The molecule has 0 atom stereocenters. The quantitative estimate of drug-likeness (QED) is 0.164. The Balaban J connectivity index is 0.851. The number of hydrogen-bond donors (Lipinski definition) is 0. The molecule has 14 rings (SSSR count). The maximum absolute atomic E-state index is 2.45. The molecule has 0 N–H and O–H groups in total. The third-order valence-corrected chi connectivity index (χ3v) is 13.9. The van der Waals surface area contributed by atoms with Gasteiger partial charge in [-0.1, -0.05) is 188 Å². The molecule has 0 fully saturated rings. The van der Waals surface area contributed by atoms with Gasteiger partial charge >= 0.3 is 0 Å². The van der Waals surface area contributed by atoms with Crippen LogP contribution in [0.3, 0.4) is 0 Å². The average Bonchev–Trinajstić information content (AvgIpc) is 4.01. The summed E-state index contributed by atoms with van der Waals surface area (Å²) < 4.78 is 4.88. The van der Waals surface area contributed by atoms with E-state index in [1.807, 2.05) is 0 Å². The van der Waals surface area contributed by atoms with Gasteiger partial charge in [0.05, 0.1) is 22.1 Å². The van der Waals surface area contributed by atoms with Crippen LogP contribution < -0.4 is 0 Å². The molecule has 0 amide bonds. The topological polar surface area (TPSA) is 9.86 Å². The predicted molar refractivity (Wildman–Crippen MR) is 271 cm³/mol. The highest BCUT2D eigenvalue weighted by Gasteiger charge is 2.23. The van der Waals surface area contributed by atoms with Crippen molar-refractivity contribution in [3.8, 4) is 67.0 Å². The summed E-state index contributed by atoms with van der Waals surface area (Å²) in [6, 6.07) is 85.2. The molecule has 13 aromatic rings. The summed E-state index contributed by atoms with van der Waals surface area (Å²) >= 11 is 0. The van der Waals surface area contributed by atoms with Crippen molar-refractivity contribution in [1.82, 2.24) is 9.13 Å². The molecule has 2 heterocycles. The molecule has 2 aromatic heterocycles. The van der Waals surface area contributed by atoms with E-state index in [1.54, 1.807) is 0 Å². The van der Waals surface area contributed by atoms with Crippen LogP contribution in [0, 0.1) is 0 Å². The number of nitrogens with zero attached hydrogens (tertiary/aromatic N) is 2. The highest BCUT2D eigenvalue weighted by Crippen LogP contribution is 2.49. The molecule has 64 heavy (non-hydrogen) atoms. The van der Waals surface area contributed by atoms with Crippen LogP contribution in [0.1, 0.15) is 0 Å². The van der Waals surface area contributed by atoms with Crippen LogP contribution in [-0.2, 0) is 0 Å². The zero-order valence-electron chi connectivity index (χ0n) is 34.8. The predicted octanol–water partition coefficient (Wildman–Crippen LogP) is 16.8. The van der Waals surface area contributed by atoms with Crippen LogP contribution in [0.4, 0.5) is 0 Å². The van der Waals surface area contributed by atoms with E-state index in [0.29, 0.717) is 0 Å². The number of fused-ring (bicyclic) bond motifs is 11. The summed E-state index contributed by atoms with van der Waals surface area (Å²) in [5, 5.41) is 10.2. The van der Waals surface area contributed by atoms with Gasteiger partial charge in [-0.3, -0.25) is 0 Å². The third-order valence-electron chi connectivity index (χ3n) is 13.9. The van der Waals surface area contributed by atoms with Crippen LogP contribution >= 0.6 is 0 Å². The molecular weight excluding hydrogens is 773 g/mol. The van der Waals surface area contributed by atoms with Crippen LogP contribution in [0.5, 0.6) is 0 Å². The minimum absolute atomic E-state index is 1.14. The Bertz CT molecular complexity index is 4010. The van der Waals surface area contributed by atoms with Gasteiger partial charge in [-0.05, 0) is 114 Å². The van der Waals surface area contributed by atoms with Crippen molar-refractivity contribution in [2.45, 2.75) is 0 Å². The molecule has 296 valence electrons. The summed E-state index contributed by atoms with van der Waals surface area (Å²) in [7, 11) is 0. The fourth-order valence-corrected chi connectivity index (χ4v) is 10.9. The molecule has 0 unspecified atom stereocenters. The van der Waals surface area contributed by atoms with Gasteiger partial charge in [-0.2, -0.15) is 0 Å². The Morgan fingerprint density at radius 1 is 0.234 bits per heavy atom. The Labute approximate surface area is 370 Å². The molecule has 11 aromatic carbocycles. The molecule has 0 bridgehead atoms. The van der Waals surface area contributed by atoms with Crippen molar-refractivity contribution >= 4 is 65.2 Å². The second-order valence-electron chi connectivity index (χ2n) is 17.2. The van der Waals surface area contributed by atoms with Crippen molar-refractivity contribution in [1.29, 1.82) is 0 Å². The molecule has 2 nitrogen and oxygen atoms in total. The lowest BCUT2D eigenvalue weighted by Gasteiger charge is -2.12. The first-order chi connectivity index (χ1) is 31.7. The zero-order chi connectivity index (χ0) is 41.9. The third kappa shape index (κ3) is 5.08. The maximum Gasteiger partial charge on any atom is 0.0619 e. The maximum atomic E-state index is 2.45. The van der Waals surface area contributed by atoms with Gasteiger partial charge in [-0.15, -0.1) is 0 Å². The fraction of sp³-hybridized carbons (Fsp3) is 0. The van der Waals surface area contributed by atoms with E-state index in [1.165, 1.54) is 121 Å². The summed E-state index contributed by atoms with van der Waals surface area (Å²) in [5.41, 5.74) is 19.8. The van der Waals surface area contributed by atoms with E-state index in [-0.39, 0.29) is 0 Å². The summed E-state index contributed by atoms with van der Waals surface area (Å²) in [4.78, 5) is 0. The molecule has 2 heteroatoms.